The molecule has 0 amide bonds. The summed E-state index contributed by atoms with van der Waals surface area (Å²) in [4.78, 5) is 9.93. The smallest absolute Gasteiger partial charge is 0.224 e. The quantitative estimate of drug-likeness (QED) is 0.873. The molecule has 2 N–H and O–H groups in total. The highest BCUT2D eigenvalue weighted by molar-refractivity contribution is 7.10. The minimum atomic E-state index is 0.258. The van der Waals surface area contributed by atoms with Crippen LogP contribution in [0.3, 0.4) is 0 Å². The molecule has 0 aliphatic rings. The average Bonchev–Trinajstić information content (AvgIpc) is 2.81. The summed E-state index contributed by atoms with van der Waals surface area (Å²) in [6.45, 7) is 4.09. The minimum Gasteiger partial charge on any atom is -0.363 e. The maximum atomic E-state index is 4.37. The van der Waals surface area contributed by atoms with E-state index in [4.69, 9.17) is 0 Å². The first-order valence-electron chi connectivity index (χ1n) is 5.52. The lowest BCUT2D eigenvalue weighted by Crippen LogP contribution is -2.08. The van der Waals surface area contributed by atoms with Crippen molar-refractivity contribution in [3.05, 3.63) is 34.2 Å². The van der Waals surface area contributed by atoms with Gasteiger partial charge in [0.05, 0.1) is 6.04 Å². The third kappa shape index (κ3) is 2.94. The summed E-state index contributed by atoms with van der Waals surface area (Å²) in [7, 11) is 1.82. The summed E-state index contributed by atoms with van der Waals surface area (Å²) < 4.78 is 0. The number of nitrogens with zero attached hydrogens (tertiary/aromatic N) is 2. The molecule has 0 aromatic carbocycles. The SMILES string of the molecule is CNc1nc(C)cc(NC(C)c2cccs2)n1. The Labute approximate surface area is 105 Å². The van der Waals surface area contributed by atoms with Crippen LogP contribution in [0.4, 0.5) is 11.8 Å². The molecule has 0 bridgehead atoms. The predicted octanol–water partition coefficient (Wildman–Crippen LogP) is 3.06. The van der Waals surface area contributed by atoms with Gasteiger partial charge in [-0.05, 0) is 25.3 Å². The summed E-state index contributed by atoms with van der Waals surface area (Å²) in [5, 5.41) is 8.42. The predicted molar refractivity (Wildman–Crippen MR) is 72.7 cm³/mol. The Bertz CT molecular complexity index is 481. The Kier molecular flexibility index (Phi) is 3.58. The molecular weight excluding hydrogens is 232 g/mol. The van der Waals surface area contributed by atoms with E-state index in [2.05, 4.69) is 45.0 Å². The second kappa shape index (κ2) is 5.14. The molecule has 0 radical (unpaired) electrons. The highest BCUT2D eigenvalue weighted by Crippen LogP contribution is 2.22. The van der Waals surface area contributed by atoms with E-state index in [9.17, 15) is 0 Å². The van der Waals surface area contributed by atoms with Crippen LogP contribution in [0.25, 0.3) is 0 Å². The number of nitrogens with one attached hydrogen (secondary N) is 2. The van der Waals surface area contributed by atoms with E-state index in [1.54, 1.807) is 11.3 Å². The molecule has 2 aromatic heterocycles. The topological polar surface area (TPSA) is 49.8 Å². The average molecular weight is 248 g/mol. The lowest BCUT2D eigenvalue weighted by molar-refractivity contribution is 0.891. The molecule has 2 aromatic rings. The molecule has 0 fully saturated rings. The van der Waals surface area contributed by atoms with Crippen molar-refractivity contribution in [1.82, 2.24) is 9.97 Å². The molecule has 0 saturated heterocycles. The van der Waals surface area contributed by atoms with Crippen LogP contribution in [0, 0.1) is 6.92 Å². The molecule has 0 aliphatic carbocycles. The summed E-state index contributed by atoms with van der Waals surface area (Å²) in [5.74, 6) is 1.49. The molecule has 0 spiro atoms. The van der Waals surface area contributed by atoms with Crippen LogP contribution in [0.2, 0.25) is 0 Å². The van der Waals surface area contributed by atoms with Crippen molar-refractivity contribution in [3.8, 4) is 0 Å². The third-order valence-corrected chi connectivity index (χ3v) is 3.47. The third-order valence-electron chi connectivity index (χ3n) is 2.41. The van der Waals surface area contributed by atoms with Crippen molar-refractivity contribution in [3.63, 3.8) is 0 Å². The van der Waals surface area contributed by atoms with Crippen molar-refractivity contribution < 1.29 is 0 Å². The van der Waals surface area contributed by atoms with E-state index in [1.165, 1.54) is 4.88 Å². The van der Waals surface area contributed by atoms with E-state index in [-0.39, 0.29) is 6.04 Å². The fourth-order valence-electron chi connectivity index (χ4n) is 1.58. The maximum absolute atomic E-state index is 4.37. The molecule has 5 heteroatoms. The molecule has 1 atom stereocenters. The molecule has 0 saturated carbocycles. The van der Waals surface area contributed by atoms with E-state index in [1.807, 2.05) is 20.0 Å². The van der Waals surface area contributed by atoms with Crippen LogP contribution >= 0.6 is 11.3 Å². The maximum Gasteiger partial charge on any atom is 0.224 e. The van der Waals surface area contributed by atoms with E-state index < -0.39 is 0 Å². The van der Waals surface area contributed by atoms with Crippen molar-refractivity contribution in [1.29, 1.82) is 0 Å². The van der Waals surface area contributed by atoms with Gasteiger partial charge in [0.2, 0.25) is 5.95 Å². The first kappa shape index (κ1) is 11.9. The van der Waals surface area contributed by atoms with Gasteiger partial charge in [-0.25, -0.2) is 4.98 Å². The Hall–Kier alpha value is -1.62. The van der Waals surface area contributed by atoms with Crippen LogP contribution in [-0.2, 0) is 0 Å². The van der Waals surface area contributed by atoms with Crippen molar-refractivity contribution >= 4 is 23.1 Å². The summed E-state index contributed by atoms with van der Waals surface area (Å²) >= 11 is 1.74. The first-order valence-corrected chi connectivity index (χ1v) is 6.40. The number of aryl methyl sites for hydroxylation is 1. The van der Waals surface area contributed by atoms with Crippen molar-refractivity contribution in [2.45, 2.75) is 19.9 Å². The fourth-order valence-corrected chi connectivity index (χ4v) is 2.32. The van der Waals surface area contributed by atoms with Gasteiger partial charge in [-0.3, -0.25) is 0 Å². The van der Waals surface area contributed by atoms with E-state index in [0.29, 0.717) is 5.95 Å². The van der Waals surface area contributed by atoms with E-state index in [0.717, 1.165) is 11.5 Å². The van der Waals surface area contributed by atoms with E-state index >= 15 is 0 Å². The van der Waals surface area contributed by atoms with Gasteiger partial charge >= 0.3 is 0 Å². The van der Waals surface area contributed by atoms with Crippen molar-refractivity contribution in [2.75, 3.05) is 17.7 Å². The fraction of sp³-hybridized carbons (Fsp3) is 0.333. The first-order chi connectivity index (χ1) is 8.19. The van der Waals surface area contributed by atoms with Gasteiger partial charge in [-0.1, -0.05) is 6.07 Å². The standard InChI is InChI=1S/C12H16N4S/c1-8-7-11(16-12(13-3)14-8)15-9(2)10-5-4-6-17-10/h4-7,9H,1-3H3,(H2,13,14,15,16). The van der Waals surface area contributed by atoms with Gasteiger partial charge < -0.3 is 10.6 Å². The second-order valence-electron chi connectivity index (χ2n) is 3.85. The van der Waals surface area contributed by atoms with Gasteiger partial charge in [0.15, 0.2) is 0 Å². The molecule has 0 aliphatic heterocycles. The highest BCUT2D eigenvalue weighted by Gasteiger charge is 2.08. The molecule has 2 rings (SSSR count). The van der Waals surface area contributed by atoms with Crippen molar-refractivity contribution in [2.24, 2.45) is 0 Å². The van der Waals surface area contributed by atoms with Crippen LogP contribution in [-0.4, -0.2) is 17.0 Å². The van der Waals surface area contributed by atoms with Gasteiger partial charge in [0.1, 0.15) is 5.82 Å². The number of thiophene rings is 1. The summed E-state index contributed by atoms with van der Waals surface area (Å²) in [5.41, 5.74) is 0.949. The Morgan fingerprint density at radius 1 is 1.35 bits per heavy atom. The zero-order valence-corrected chi connectivity index (χ0v) is 11.0. The van der Waals surface area contributed by atoms with Crippen LogP contribution in [0.15, 0.2) is 23.6 Å². The molecule has 17 heavy (non-hydrogen) atoms. The Morgan fingerprint density at radius 2 is 2.18 bits per heavy atom. The number of anilines is 2. The van der Waals surface area contributed by atoms with Crippen LogP contribution in [0.1, 0.15) is 23.5 Å². The molecular formula is C12H16N4S. The molecule has 2 heterocycles. The van der Waals surface area contributed by atoms with Gasteiger partial charge in [0, 0.05) is 23.7 Å². The molecule has 4 nitrogen and oxygen atoms in total. The lowest BCUT2D eigenvalue weighted by Gasteiger charge is -2.13. The minimum absolute atomic E-state index is 0.258. The second-order valence-corrected chi connectivity index (χ2v) is 4.83. The Morgan fingerprint density at radius 3 is 2.82 bits per heavy atom. The lowest BCUT2D eigenvalue weighted by atomic mass is 10.2. The van der Waals surface area contributed by atoms with Gasteiger partial charge in [0.25, 0.3) is 0 Å². The zero-order valence-electron chi connectivity index (χ0n) is 10.2. The number of hydrogen-bond acceptors (Lipinski definition) is 5. The van der Waals surface area contributed by atoms with Gasteiger partial charge in [-0.2, -0.15) is 4.98 Å². The number of aromatic nitrogens is 2. The normalized spacial score (nSPS) is 12.2. The Balaban J connectivity index is 2.15. The largest absolute Gasteiger partial charge is 0.363 e. The number of hydrogen-bond donors (Lipinski definition) is 2. The van der Waals surface area contributed by atoms with Gasteiger partial charge in [-0.15, -0.1) is 11.3 Å². The number of rotatable bonds is 4. The van der Waals surface area contributed by atoms with Crippen LogP contribution < -0.4 is 10.6 Å². The zero-order chi connectivity index (χ0) is 12.3. The summed E-state index contributed by atoms with van der Waals surface area (Å²) in [6.07, 6.45) is 0. The molecule has 90 valence electrons. The van der Waals surface area contributed by atoms with Crippen LogP contribution in [0.5, 0.6) is 0 Å². The monoisotopic (exact) mass is 248 g/mol. The summed E-state index contributed by atoms with van der Waals surface area (Å²) in [6, 6.07) is 6.39. The highest BCUT2D eigenvalue weighted by atomic mass is 32.1. The molecule has 1 unspecified atom stereocenters.